The van der Waals surface area contributed by atoms with Crippen LogP contribution in [0.3, 0.4) is 0 Å². The minimum atomic E-state index is -0.799. The van der Waals surface area contributed by atoms with Crippen molar-refractivity contribution < 1.29 is 14.3 Å². The Labute approximate surface area is 136 Å². The highest BCUT2D eigenvalue weighted by atomic mass is 35.5. The van der Waals surface area contributed by atoms with E-state index in [1.54, 1.807) is 12.1 Å². The largest absolute Gasteiger partial charge is 0.495 e. The summed E-state index contributed by atoms with van der Waals surface area (Å²) in [6, 6.07) is 4.69. The zero-order valence-corrected chi connectivity index (χ0v) is 13.8. The lowest BCUT2D eigenvalue weighted by molar-refractivity contribution is -0.132. The molecule has 1 heterocycles. The SMILES string of the molecule is COc1ccc(NC(=O)C(=O)Nc2nc(C)c(C)s2)cc1Cl. The Morgan fingerprint density at radius 1 is 1.23 bits per heavy atom. The molecule has 22 heavy (non-hydrogen) atoms. The summed E-state index contributed by atoms with van der Waals surface area (Å²) >= 11 is 7.27. The van der Waals surface area contributed by atoms with Crippen LogP contribution in [0.5, 0.6) is 5.75 Å². The number of carbonyl (C=O) groups excluding carboxylic acids is 2. The molecule has 0 fully saturated rings. The quantitative estimate of drug-likeness (QED) is 0.842. The second-order valence-electron chi connectivity index (χ2n) is 4.42. The highest BCUT2D eigenvalue weighted by molar-refractivity contribution is 7.15. The van der Waals surface area contributed by atoms with Gasteiger partial charge in [0.1, 0.15) is 5.75 Å². The number of nitrogens with one attached hydrogen (secondary N) is 2. The molecule has 0 spiro atoms. The van der Waals surface area contributed by atoms with Gasteiger partial charge in [-0.25, -0.2) is 4.98 Å². The minimum Gasteiger partial charge on any atom is -0.495 e. The zero-order chi connectivity index (χ0) is 16.3. The van der Waals surface area contributed by atoms with Crippen LogP contribution in [0, 0.1) is 13.8 Å². The van der Waals surface area contributed by atoms with Gasteiger partial charge >= 0.3 is 11.8 Å². The van der Waals surface area contributed by atoms with Crippen LogP contribution in [0.1, 0.15) is 10.6 Å². The van der Waals surface area contributed by atoms with Gasteiger partial charge in [0.05, 0.1) is 17.8 Å². The number of hydrogen-bond donors (Lipinski definition) is 2. The van der Waals surface area contributed by atoms with Crippen LogP contribution in [0.2, 0.25) is 5.02 Å². The molecule has 0 atom stereocenters. The second-order valence-corrected chi connectivity index (χ2v) is 6.03. The molecule has 116 valence electrons. The molecule has 2 aromatic rings. The number of halogens is 1. The van der Waals surface area contributed by atoms with Crippen molar-refractivity contribution in [3.63, 3.8) is 0 Å². The number of nitrogens with zero attached hydrogens (tertiary/aromatic N) is 1. The molecule has 0 aliphatic heterocycles. The third-order valence-corrected chi connectivity index (χ3v) is 4.15. The van der Waals surface area contributed by atoms with Crippen LogP contribution in [0.25, 0.3) is 0 Å². The van der Waals surface area contributed by atoms with Gasteiger partial charge < -0.3 is 10.1 Å². The van der Waals surface area contributed by atoms with E-state index in [4.69, 9.17) is 16.3 Å². The number of hydrogen-bond acceptors (Lipinski definition) is 5. The van der Waals surface area contributed by atoms with E-state index >= 15 is 0 Å². The lowest BCUT2D eigenvalue weighted by Gasteiger charge is -2.07. The normalized spacial score (nSPS) is 10.2. The molecule has 0 saturated carbocycles. The summed E-state index contributed by atoms with van der Waals surface area (Å²) in [5, 5.41) is 5.65. The first-order valence-electron chi connectivity index (χ1n) is 6.30. The van der Waals surface area contributed by atoms with Crippen molar-refractivity contribution >= 4 is 45.6 Å². The molecule has 0 radical (unpaired) electrons. The van der Waals surface area contributed by atoms with E-state index < -0.39 is 11.8 Å². The summed E-state index contributed by atoms with van der Waals surface area (Å²) in [5.74, 6) is -1.11. The summed E-state index contributed by atoms with van der Waals surface area (Å²) in [6.07, 6.45) is 0. The van der Waals surface area contributed by atoms with Gasteiger partial charge in [-0.1, -0.05) is 11.6 Å². The number of thiazole rings is 1. The van der Waals surface area contributed by atoms with Crippen LogP contribution in [-0.2, 0) is 9.59 Å². The van der Waals surface area contributed by atoms with Crippen molar-refractivity contribution in [3.8, 4) is 5.75 Å². The first-order chi connectivity index (χ1) is 10.4. The van der Waals surface area contributed by atoms with Crippen LogP contribution < -0.4 is 15.4 Å². The fraction of sp³-hybridized carbons (Fsp3) is 0.214. The number of aromatic nitrogens is 1. The fourth-order valence-electron chi connectivity index (χ4n) is 1.61. The van der Waals surface area contributed by atoms with Crippen LogP contribution in [0.4, 0.5) is 10.8 Å². The molecule has 2 N–H and O–H groups in total. The molecular formula is C14H14ClN3O3S. The van der Waals surface area contributed by atoms with Crippen molar-refractivity contribution in [2.75, 3.05) is 17.7 Å². The Hall–Kier alpha value is -2.12. The Kier molecular flexibility index (Phi) is 4.99. The fourth-order valence-corrected chi connectivity index (χ4v) is 2.68. The second kappa shape index (κ2) is 6.76. The molecular weight excluding hydrogens is 326 g/mol. The van der Waals surface area contributed by atoms with E-state index in [0.29, 0.717) is 21.6 Å². The average Bonchev–Trinajstić information content (AvgIpc) is 2.77. The molecule has 0 aliphatic carbocycles. The predicted octanol–water partition coefficient (Wildman–Crippen LogP) is 3.00. The number of amides is 2. The van der Waals surface area contributed by atoms with Gasteiger partial charge in [0.15, 0.2) is 5.13 Å². The molecule has 2 amide bonds. The topological polar surface area (TPSA) is 80.3 Å². The zero-order valence-electron chi connectivity index (χ0n) is 12.2. The molecule has 8 heteroatoms. The van der Waals surface area contributed by atoms with Crippen molar-refractivity contribution in [2.45, 2.75) is 13.8 Å². The van der Waals surface area contributed by atoms with E-state index in [1.807, 2.05) is 13.8 Å². The summed E-state index contributed by atoms with van der Waals surface area (Å²) in [4.78, 5) is 28.8. The summed E-state index contributed by atoms with van der Waals surface area (Å²) in [5.41, 5.74) is 1.22. The maximum Gasteiger partial charge on any atom is 0.315 e. The van der Waals surface area contributed by atoms with Gasteiger partial charge in [-0.2, -0.15) is 0 Å². The molecule has 0 unspecified atom stereocenters. The lowest BCUT2D eigenvalue weighted by Crippen LogP contribution is -2.29. The number of anilines is 2. The molecule has 0 bridgehead atoms. The summed E-state index contributed by atoms with van der Waals surface area (Å²) < 4.78 is 5.01. The lowest BCUT2D eigenvalue weighted by atomic mass is 10.3. The van der Waals surface area contributed by atoms with E-state index in [0.717, 1.165) is 10.6 Å². The first-order valence-corrected chi connectivity index (χ1v) is 7.50. The number of rotatable bonds is 3. The number of ether oxygens (including phenoxy) is 1. The van der Waals surface area contributed by atoms with Gasteiger partial charge in [-0.05, 0) is 32.0 Å². The van der Waals surface area contributed by atoms with Crippen LogP contribution >= 0.6 is 22.9 Å². The maximum absolute atomic E-state index is 11.9. The third kappa shape index (κ3) is 3.75. The minimum absolute atomic E-state index is 0.340. The first kappa shape index (κ1) is 16.3. The van der Waals surface area contributed by atoms with Gasteiger partial charge in [0, 0.05) is 10.6 Å². The molecule has 1 aromatic carbocycles. The van der Waals surface area contributed by atoms with Crippen LogP contribution in [0.15, 0.2) is 18.2 Å². The summed E-state index contributed by atoms with van der Waals surface area (Å²) in [6.45, 7) is 3.73. The van der Waals surface area contributed by atoms with Crippen molar-refractivity contribution in [1.82, 2.24) is 4.98 Å². The number of benzene rings is 1. The van der Waals surface area contributed by atoms with Gasteiger partial charge in [0.25, 0.3) is 0 Å². The molecule has 1 aromatic heterocycles. The molecule has 2 rings (SSSR count). The third-order valence-electron chi connectivity index (χ3n) is 2.86. The van der Waals surface area contributed by atoms with Gasteiger partial charge in [0.2, 0.25) is 0 Å². The van der Waals surface area contributed by atoms with Crippen molar-refractivity contribution in [1.29, 1.82) is 0 Å². The molecule has 0 saturated heterocycles. The monoisotopic (exact) mass is 339 g/mol. The maximum atomic E-state index is 11.9. The van der Waals surface area contributed by atoms with Crippen molar-refractivity contribution in [2.24, 2.45) is 0 Å². The van der Waals surface area contributed by atoms with E-state index in [1.165, 1.54) is 24.5 Å². The number of carbonyl (C=O) groups is 2. The average molecular weight is 340 g/mol. The highest BCUT2D eigenvalue weighted by Crippen LogP contribution is 2.27. The van der Waals surface area contributed by atoms with Crippen molar-refractivity contribution in [3.05, 3.63) is 33.8 Å². The standard InChI is InChI=1S/C14H14ClN3O3S/c1-7-8(2)22-14(16-7)18-13(20)12(19)17-9-4-5-11(21-3)10(15)6-9/h4-6H,1-3H3,(H,17,19)(H,16,18,20). The van der Waals surface area contributed by atoms with Gasteiger partial charge in [-0.15, -0.1) is 11.3 Å². The Morgan fingerprint density at radius 2 is 1.91 bits per heavy atom. The number of methoxy groups -OCH3 is 1. The highest BCUT2D eigenvalue weighted by Gasteiger charge is 2.16. The van der Waals surface area contributed by atoms with E-state index in [-0.39, 0.29) is 0 Å². The predicted molar refractivity (Wildman–Crippen MR) is 86.9 cm³/mol. The van der Waals surface area contributed by atoms with Gasteiger partial charge in [-0.3, -0.25) is 14.9 Å². The number of aryl methyl sites for hydroxylation is 2. The Bertz CT molecular complexity index is 711. The summed E-state index contributed by atoms with van der Waals surface area (Å²) in [7, 11) is 1.49. The molecule has 6 nitrogen and oxygen atoms in total. The van der Waals surface area contributed by atoms with E-state index in [9.17, 15) is 9.59 Å². The Balaban J connectivity index is 2.02. The smallest absolute Gasteiger partial charge is 0.315 e. The Morgan fingerprint density at radius 3 is 2.45 bits per heavy atom. The molecule has 0 aliphatic rings. The van der Waals surface area contributed by atoms with E-state index in [2.05, 4.69) is 15.6 Å². The van der Waals surface area contributed by atoms with Crippen LogP contribution in [-0.4, -0.2) is 23.9 Å².